The lowest BCUT2D eigenvalue weighted by Crippen LogP contribution is -2.40. The summed E-state index contributed by atoms with van der Waals surface area (Å²) >= 11 is 0. The molecular weight excluding hydrogens is 434 g/mol. The Bertz CT molecular complexity index is 1010. The van der Waals surface area contributed by atoms with Gasteiger partial charge in [-0.2, -0.15) is 0 Å². The van der Waals surface area contributed by atoms with Gasteiger partial charge in [-0.05, 0) is 57.9 Å². The molecule has 0 aromatic heterocycles. The lowest BCUT2D eigenvalue weighted by atomic mass is 9.98. The molecule has 1 atom stereocenters. The zero-order valence-corrected chi connectivity index (χ0v) is 20.2. The van der Waals surface area contributed by atoms with Crippen molar-refractivity contribution in [3.8, 4) is 11.5 Å². The van der Waals surface area contributed by atoms with Crippen LogP contribution in [0.2, 0.25) is 0 Å². The summed E-state index contributed by atoms with van der Waals surface area (Å²) in [4.78, 5) is 40.9. The molecule has 1 amide bonds. The van der Waals surface area contributed by atoms with E-state index in [1.54, 1.807) is 48.2 Å². The Morgan fingerprint density at radius 3 is 2.12 bits per heavy atom. The summed E-state index contributed by atoms with van der Waals surface area (Å²) < 4.78 is 16.7. The van der Waals surface area contributed by atoms with Crippen molar-refractivity contribution in [3.63, 3.8) is 0 Å². The Morgan fingerprint density at radius 2 is 1.47 bits per heavy atom. The van der Waals surface area contributed by atoms with E-state index in [1.807, 2.05) is 13.8 Å². The Morgan fingerprint density at radius 1 is 0.853 bits per heavy atom. The smallest absolute Gasteiger partial charge is 0.339 e. The van der Waals surface area contributed by atoms with Crippen molar-refractivity contribution in [3.05, 3.63) is 59.2 Å². The largest absolute Gasteiger partial charge is 0.490 e. The van der Waals surface area contributed by atoms with Crippen LogP contribution < -0.4 is 9.47 Å². The second-order valence-electron chi connectivity index (χ2n) is 8.19. The maximum atomic E-state index is 13.3. The number of esters is 1. The van der Waals surface area contributed by atoms with Crippen molar-refractivity contribution < 1.29 is 28.6 Å². The molecule has 0 N–H and O–H groups in total. The quantitative estimate of drug-likeness (QED) is 0.394. The van der Waals surface area contributed by atoms with Crippen LogP contribution in [-0.4, -0.2) is 55.0 Å². The summed E-state index contributed by atoms with van der Waals surface area (Å²) in [6.07, 6.45) is 3.18. The predicted octanol–water partition coefficient (Wildman–Crippen LogP) is 4.66. The van der Waals surface area contributed by atoms with Gasteiger partial charge in [0.15, 0.2) is 23.4 Å². The molecule has 1 saturated heterocycles. The van der Waals surface area contributed by atoms with Gasteiger partial charge in [-0.3, -0.25) is 9.59 Å². The van der Waals surface area contributed by atoms with E-state index in [0.717, 1.165) is 25.7 Å². The third kappa shape index (κ3) is 6.16. The molecule has 7 nitrogen and oxygen atoms in total. The molecule has 0 saturated carbocycles. The van der Waals surface area contributed by atoms with Crippen LogP contribution in [0.3, 0.4) is 0 Å². The van der Waals surface area contributed by atoms with Crippen LogP contribution in [0.25, 0.3) is 0 Å². The highest BCUT2D eigenvalue weighted by Crippen LogP contribution is 2.30. The monoisotopic (exact) mass is 467 g/mol. The topological polar surface area (TPSA) is 82.1 Å². The van der Waals surface area contributed by atoms with Crippen LogP contribution in [0.15, 0.2) is 42.5 Å². The van der Waals surface area contributed by atoms with Gasteiger partial charge in [-0.15, -0.1) is 0 Å². The number of carbonyl (C=O) groups is 3. The number of likely N-dealkylation sites (tertiary alicyclic amines) is 1. The summed E-state index contributed by atoms with van der Waals surface area (Å²) in [5.74, 6) is -0.230. The van der Waals surface area contributed by atoms with Crippen LogP contribution in [-0.2, 0) is 9.53 Å². The molecule has 1 aliphatic heterocycles. The van der Waals surface area contributed by atoms with Gasteiger partial charge >= 0.3 is 5.97 Å². The molecule has 182 valence electrons. The lowest BCUT2D eigenvalue weighted by molar-refractivity contribution is -0.139. The molecule has 1 unspecified atom stereocenters. The standard InChI is InChI=1S/C27H33NO6/c1-4-32-23-15-14-20(18-24(23)33-5-2)25(29)21-12-8-9-13-22(21)27(31)34-19(3)26(30)28-16-10-6-7-11-17-28/h8-9,12-15,18-19H,4-7,10-11,16-17H2,1-3H3. The first-order valence-corrected chi connectivity index (χ1v) is 12.0. The Kier molecular flexibility index (Phi) is 9.08. The van der Waals surface area contributed by atoms with Gasteiger partial charge in [-0.1, -0.05) is 31.0 Å². The maximum absolute atomic E-state index is 13.3. The molecule has 7 heteroatoms. The minimum Gasteiger partial charge on any atom is -0.490 e. The molecule has 1 fully saturated rings. The fourth-order valence-corrected chi connectivity index (χ4v) is 4.03. The van der Waals surface area contributed by atoms with E-state index in [2.05, 4.69) is 0 Å². The van der Waals surface area contributed by atoms with Crippen molar-refractivity contribution >= 4 is 17.7 Å². The molecule has 34 heavy (non-hydrogen) atoms. The van der Waals surface area contributed by atoms with E-state index in [4.69, 9.17) is 14.2 Å². The van der Waals surface area contributed by atoms with Crippen molar-refractivity contribution in [2.24, 2.45) is 0 Å². The molecule has 0 bridgehead atoms. The van der Waals surface area contributed by atoms with Crippen molar-refractivity contribution in [2.45, 2.75) is 52.6 Å². The number of rotatable bonds is 9. The van der Waals surface area contributed by atoms with E-state index < -0.39 is 12.1 Å². The minimum absolute atomic E-state index is 0.120. The third-order valence-electron chi connectivity index (χ3n) is 5.75. The van der Waals surface area contributed by atoms with Gasteiger partial charge in [0, 0.05) is 24.2 Å². The second kappa shape index (κ2) is 12.2. The number of hydrogen-bond acceptors (Lipinski definition) is 6. The normalized spacial score (nSPS) is 14.6. The van der Waals surface area contributed by atoms with Crippen molar-refractivity contribution in [1.82, 2.24) is 4.90 Å². The third-order valence-corrected chi connectivity index (χ3v) is 5.75. The fraction of sp³-hybridized carbons (Fsp3) is 0.444. The molecule has 3 rings (SSSR count). The van der Waals surface area contributed by atoms with Gasteiger partial charge in [-0.25, -0.2) is 4.79 Å². The number of benzene rings is 2. The number of carbonyl (C=O) groups excluding carboxylic acids is 3. The number of amides is 1. The summed E-state index contributed by atoms with van der Waals surface area (Å²) in [5, 5.41) is 0. The van der Waals surface area contributed by atoms with Gasteiger partial charge < -0.3 is 19.1 Å². The van der Waals surface area contributed by atoms with Gasteiger partial charge in [0.05, 0.1) is 18.8 Å². The van der Waals surface area contributed by atoms with E-state index >= 15 is 0 Å². The first-order chi connectivity index (χ1) is 16.5. The summed E-state index contributed by atoms with van der Waals surface area (Å²) in [6.45, 7) is 7.54. The van der Waals surface area contributed by atoms with E-state index in [1.165, 1.54) is 6.07 Å². The zero-order chi connectivity index (χ0) is 24.5. The zero-order valence-electron chi connectivity index (χ0n) is 20.2. The minimum atomic E-state index is -0.927. The van der Waals surface area contributed by atoms with E-state index in [9.17, 15) is 14.4 Å². The summed E-state index contributed by atoms with van der Waals surface area (Å²) in [7, 11) is 0. The van der Waals surface area contributed by atoms with E-state index in [0.29, 0.717) is 43.4 Å². The SMILES string of the molecule is CCOc1ccc(C(=O)c2ccccc2C(=O)OC(C)C(=O)N2CCCCCC2)cc1OCC. The van der Waals surface area contributed by atoms with Gasteiger partial charge in [0.2, 0.25) is 0 Å². The average molecular weight is 468 g/mol. The van der Waals surface area contributed by atoms with Crippen LogP contribution in [0, 0.1) is 0 Å². The van der Waals surface area contributed by atoms with Crippen LogP contribution in [0.5, 0.6) is 11.5 Å². The Hall–Kier alpha value is -3.35. The second-order valence-corrected chi connectivity index (χ2v) is 8.19. The van der Waals surface area contributed by atoms with Crippen LogP contribution in [0.1, 0.15) is 72.7 Å². The Labute approximate surface area is 201 Å². The average Bonchev–Trinajstić information content (AvgIpc) is 3.14. The summed E-state index contributed by atoms with van der Waals surface area (Å²) in [6, 6.07) is 11.4. The number of ketones is 1. The van der Waals surface area contributed by atoms with Crippen LogP contribution >= 0.6 is 0 Å². The number of ether oxygens (including phenoxy) is 3. The molecule has 1 heterocycles. The Balaban J connectivity index is 1.79. The number of nitrogens with zero attached hydrogens (tertiary/aromatic N) is 1. The van der Waals surface area contributed by atoms with E-state index in [-0.39, 0.29) is 22.8 Å². The molecule has 0 radical (unpaired) electrons. The first-order valence-electron chi connectivity index (χ1n) is 12.0. The molecule has 1 aliphatic rings. The molecule has 2 aromatic carbocycles. The van der Waals surface area contributed by atoms with Crippen molar-refractivity contribution in [1.29, 1.82) is 0 Å². The maximum Gasteiger partial charge on any atom is 0.339 e. The highest BCUT2D eigenvalue weighted by atomic mass is 16.5. The predicted molar refractivity (Wildman–Crippen MR) is 129 cm³/mol. The highest BCUT2D eigenvalue weighted by Gasteiger charge is 2.27. The van der Waals surface area contributed by atoms with Crippen LogP contribution in [0.4, 0.5) is 0 Å². The fourth-order valence-electron chi connectivity index (χ4n) is 4.03. The molecule has 0 spiro atoms. The molecule has 2 aromatic rings. The van der Waals surface area contributed by atoms with Crippen molar-refractivity contribution in [2.75, 3.05) is 26.3 Å². The van der Waals surface area contributed by atoms with Gasteiger partial charge in [0.25, 0.3) is 5.91 Å². The van der Waals surface area contributed by atoms with Gasteiger partial charge in [0.1, 0.15) is 0 Å². The first kappa shape index (κ1) is 25.3. The lowest BCUT2D eigenvalue weighted by Gasteiger charge is -2.24. The highest BCUT2D eigenvalue weighted by molar-refractivity contribution is 6.14. The molecule has 0 aliphatic carbocycles. The summed E-state index contributed by atoms with van der Waals surface area (Å²) in [5.41, 5.74) is 0.684. The number of hydrogen-bond donors (Lipinski definition) is 0. The molecular formula is C27H33NO6.